The number of rotatable bonds is 5. The highest BCUT2D eigenvalue weighted by atomic mass is 79.9. The number of carbonyl (C=O) groups excluding carboxylic acids is 1. The quantitative estimate of drug-likeness (QED) is 0.438. The molecule has 80 valence electrons. The van der Waals surface area contributed by atoms with Crippen LogP contribution in [0, 0.1) is 10.8 Å². The van der Waals surface area contributed by atoms with E-state index >= 15 is 0 Å². The van der Waals surface area contributed by atoms with E-state index in [2.05, 4.69) is 46.3 Å². The van der Waals surface area contributed by atoms with Crippen LogP contribution in [0.1, 0.15) is 12.8 Å². The predicted octanol–water partition coefficient (Wildman–Crippen LogP) is 3.00. The molecule has 0 heterocycles. The largest absolute Gasteiger partial charge is 0.466 e. The van der Waals surface area contributed by atoms with Crippen molar-refractivity contribution >= 4 is 30.0 Å². The Morgan fingerprint density at radius 3 is 2.57 bits per heavy atom. The third-order valence-corrected chi connectivity index (χ3v) is 3.62. The molecule has 0 aromatic carbocycles. The van der Waals surface area contributed by atoms with E-state index in [0.717, 1.165) is 6.04 Å². The van der Waals surface area contributed by atoms with Gasteiger partial charge in [0.05, 0.1) is 13.0 Å². The van der Waals surface area contributed by atoms with Crippen LogP contribution in [0.3, 0.4) is 0 Å². The molecule has 0 aliphatic rings. The van der Waals surface area contributed by atoms with Gasteiger partial charge in [0.25, 0.3) is 0 Å². The molecule has 0 atom stereocenters. The van der Waals surface area contributed by atoms with Gasteiger partial charge in [-0.25, -0.2) is 0 Å². The van der Waals surface area contributed by atoms with E-state index < -0.39 is 8.07 Å². The van der Waals surface area contributed by atoms with E-state index in [-0.39, 0.29) is 5.97 Å². The minimum atomic E-state index is -1.07. The zero-order valence-corrected chi connectivity index (χ0v) is 11.6. The van der Waals surface area contributed by atoms with Gasteiger partial charge in [-0.2, -0.15) is 0 Å². The minimum absolute atomic E-state index is 0.140. The average molecular weight is 277 g/mol. The fourth-order valence-corrected chi connectivity index (χ4v) is 1.67. The Bertz CT molecular complexity index is 235. The van der Waals surface area contributed by atoms with E-state index in [1.807, 2.05) is 0 Å². The molecular formula is C10H17BrO2Si. The van der Waals surface area contributed by atoms with Gasteiger partial charge in [-0.1, -0.05) is 25.6 Å². The lowest BCUT2D eigenvalue weighted by Crippen LogP contribution is -2.22. The molecule has 0 fully saturated rings. The summed E-state index contributed by atoms with van der Waals surface area (Å²) in [6, 6.07) is 1.03. The highest BCUT2D eigenvalue weighted by Crippen LogP contribution is 2.07. The first-order valence-electron chi connectivity index (χ1n) is 4.70. The van der Waals surface area contributed by atoms with Crippen LogP contribution >= 0.6 is 15.9 Å². The minimum Gasteiger partial charge on any atom is -0.466 e. The lowest BCUT2D eigenvalue weighted by molar-refractivity contribution is -0.142. The number of esters is 1. The van der Waals surface area contributed by atoms with Crippen LogP contribution in [-0.2, 0) is 9.53 Å². The molecule has 0 aliphatic heterocycles. The smallest absolute Gasteiger partial charge is 0.306 e. The van der Waals surface area contributed by atoms with E-state index in [1.54, 1.807) is 0 Å². The molecule has 0 N–H and O–H groups in total. The summed E-state index contributed by atoms with van der Waals surface area (Å²) < 4.78 is 5.08. The van der Waals surface area contributed by atoms with Gasteiger partial charge in [-0.3, -0.25) is 4.79 Å². The number of carbonyl (C=O) groups is 1. The number of hydrogen-bond acceptors (Lipinski definition) is 2. The maximum Gasteiger partial charge on any atom is 0.306 e. The second-order valence-electron chi connectivity index (χ2n) is 4.30. The predicted molar refractivity (Wildman–Crippen MR) is 65.0 cm³/mol. The Morgan fingerprint density at radius 2 is 2.07 bits per heavy atom. The molecule has 0 rings (SSSR count). The second kappa shape index (κ2) is 7.08. The molecule has 0 radical (unpaired) electrons. The second-order valence-corrected chi connectivity index (χ2v) is 10.3. The summed E-state index contributed by atoms with van der Waals surface area (Å²) in [5.74, 6) is 2.62. The van der Waals surface area contributed by atoms with Gasteiger partial charge in [0.1, 0.15) is 0 Å². The lowest BCUT2D eigenvalue weighted by atomic mass is 10.3. The highest BCUT2D eigenvalue weighted by molar-refractivity contribution is 9.12. The molecule has 0 bridgehead atoms. The molecule has 0 spiro atoms. The number of hydrogen-bond donors (Lipinski definition) is 0. The van der Waals surface area contributed by atoms with Crippen molar-refractivity contribution < 1.29 is 9.53 Å². The van der Waals surface area contributed by atoms with Crippen molar-refractivity contribution in [1.29, 1.82) is 0 Å². The summed E-state index contributed by atoms with van der Waals surface area (Å²) in [5.41, 5.74) is 0. The lowest BCUT2D eigenvalue weighted by Gasteiger charge is -2.14. The first-order chi connectivity index (χ1) is 6.45. The summed E-state index contributed by atoms with van der Waals surface area (Å²) in [6.07, 6.45) is 0.960. The van der Waals surface area contributed by atoms with Crippen molar-refractivity contribution in [2.24, 2.45) is 0 Å². The Morgan fingerprint density at radius 1 is 1.43 bits per heavy atom. The van der Waals surface area contributed by atoms with Gasteiger partial charge in [0, 0.05) is 30.4 Å². The van der Waals surface area contributed by atoms with Crippen molar-refractivity contribution in [3.63, 3.8) is 0 Å². The Balaban J connectivity index is 3.48. The Labute approximate surface area is 95.5 Å². The SMILES string of the molecule is C[Si](C)(C)CCOC(=O)CCC#CBr. The third kappa shape index (κ3) is 9.81. The van der Waals surface area contributed by atoms with Crippen molar-refractivity contribution in [2.45, 2.75) is 38.5 Å². The standard InChI is InChI=1S/C10H17BrO2Si/c1-14(2,3)9-8-13-10(12)6-4-5-7-11/h4,6,8-9H2,1-3H3. The Hall–Kier alpha value is -0.273. The highest BCUT2D eigenvalue weighted by Gasteiger charge is 2.13. The summed E-state index contributed by atoms with van der Waals surface area (Å²) in [6.45, 7) is 7.35. The van der Waals surface area contributed by atoms with Crippen LogP contribution in [0.4, 0.5) is 0 Å². The number of ether oxygens (including phenoxy) is 1. The molecule has 0 aromatic rings. The van der Waals surface area contributed by atoms with Gasteiger partial charge in [0.2, 0.25) is 0 Å². The fraction of sp³-hybridized carbons (Fsp3) is 0.700. The zero-order chi connectivity index (χ0) is 11.0. The van der Waals surface area contributed by atoms with Crippen LogP contribution < -0.4 is 0 Å². The van der Waals surface area contributed by atoms with Crippen molar-refractivity contribution in [3.8, 4) is 10.8 Å². The monoisotopic (exact) mass is 276 g/mol. The average Bonchev–Trinajstić information content (AvgIpc) is 2.02. The van der Waals surface area contributed by atoms with Crippen LogP contribution in [-0.4, -0.2) is 20.7 Å². The molecular weight excluding hydrogens is 260 g/mol. The molecule has 0 amide bonds. The van der Waals surface area contributed by atoms with Gasteiger partial charge < -0.3 is 4.74 Å². The van der Waals surface area contributed by atoms with Crippen LogP contribution in [0.2, 0.25) is 25.7 Å². The van der Waals surface area contributed by atoms with E-state index in [0.29, 0.717) is 19.4 Å². The van der Waals surface area contributed by atoms with Crippen LogP contribution in [0.15, 0.2) is 0 Å². The summed E-state index contributed by atoms with van der Waals surface area (Å²) in [4.78, 5) is 13.7. The van der Waals surface area contributed by atoms with E-state index in [4.69, 9.17) is 4.74 Å². The van der Waals surface area contributed by atoms with Crippen LogP contribution in [0.5, 0.6) is 0 Å². The van der Waals surface area contributed by atoms with E-state index in [1.165, 1.54) is 0 Å². The molecule has 0 saturated heterocycles. The molecule has 4 heteroatoms. The fourth-order valence-electron chi connectivity index (χ4n) is 0.755. The topological polar surface area (TPSA) is 26.3 Å². The van der Waals surface area contributed by atoms with Crippen LogP contribution in [0.25, 0.3) is 0 Å². The number of halogens is 1. The molecule has 14 heavy (non-hydrogen) atoms. The molecule has 0 unspecified atom stereocenters. The normalized spacial score (nSPS) is 10.3. The van der Waals surface area contributed by atoms with Gasteiger partial charge >= 0.3 is 5.97 Å². The summed E-state index contributed by atoms with van der Waals surface area (Å²) in [7, 11) is -1.07. The molecule has 0 saturated carbocycles. The Kier molecular flexibility index (Phi) is 6.94. The maximum atomic E-state index is 11.1. The molecule has 0 aliphatic carbocycles. The zero-order valence-electron chi connectivity index (χ0n) is 9.02. The maximum absolute atomic E-state index is 11.1. The van der Waals surface area contributed by atoms with Gasteiger partial charge in [-0.15, -0.1) is 0 Å². The summed E-state index contributed by atoms with van der Waals surface area (Å²) >= 11 is 2.97. The van der Waals surface area contributed by atoms with Crippen molar-refractivity contribution in [1.82, 2.24) is 0 Å². The van der Waals surface area contributed by atoms with Gasteiger partial charge in [0.15, 0.2) is 0 Å². The third-order valence-electron chi connectivity index (χ3n) is 1.64. The molecule has 2 nitrogen and oxygen atoms in total. The van der Waals surface area contributed by atoms with Crippen molar-refractivity contribution in [2.75, 3.05) is 6.61 Å². The molecule has 0 aromatic heterocycles. The first-order valence-corrected chi connectivity index (χ1v) is 9.20. The first kappa shape index (κ1) is 13.7. The van der Waals surface area contributed by atoms with E-state index in [9.17, 15) is 4.79 Å². The van der Waals surface area contributed by atoms with Crippen molar-refractivity contribution in [3.05, 3.63) is 0 Å². The van der Waals surface area contributed by atoms with Gasteiger partial charge in [-0.05, 0) is 10.9 Å². The summed E-state index contributed by atoms with van der Waals surface area (Å²) in [5, 5.41) is 0.